The van der Waals surface area contributed by atoms with E-state index in [1.54, 1.807) is 18.2 Å². The van der Waals surface area contributed by atoms with Crippen molar-refractivity contribution in [3.05, 3.63) is 88.6 Å². The summed E-state index contributed by atoms with van der Waals surface area (Å²) in [6.45, 7) is 0. The maximum Gasteiger partial charge on any atom is 0.252 e. The average Bonchev–Trinajstić information content (AvgIpc) is 3.32. The highest BCUT2D eigenvalue weighted by Gasteiger charge is 2.49. The molecule has 3 aromatic rings. The molecule has 0 radical (unpaired) electrons. The summed E-state index contributed by atoms with van der Waals surface area (Å²) in [4.78, 5) is 46.8. The third kappa shape index (κ3) is 5.52. The molecule has 8 nitrogen and oxygen atoms in total. The Bertz CT molecular complexity index is 1610. The van der Waals surface area contributed by atoms with Crippen molar-refractivity contribution in [1.82, 2.24) is 10.3 Å². The number of halogens is 5. The molecule has 2 fully saturated rings. The van der Waals surface area contributed by atoms with Gasteiger partial charge in [-0.25, -0.2) is 22.5 Å². The molecule has 0 spiro atoms. The second-order valence-corrected chi connectivity index (χ2v) is 10.4. The van der Waals surface area contributed by atoms with Gasteiger partial charge in [0.1, 0.15) is 24.0 Å². The fraction of sp³-hybridized carbons (Fsp3) is 0.276. The summed E-state index contributed by atoms with van der Waals surface area (Å²) in [6.07, 6.45) is -0.401. The fourth-order valence-corrected chi connectivity index (χ4v) is 5.44. The van der Waals surface area contributed by atoms with Gasteiger partial charge in [0.15, 0.2) is 11.6 Å². The molecule has 1 unspecified atom stereocenters. The minimum absolute atomic E-state index is 0.0552. The first-order chi connectivity index (χ1) is 20.0. The molecule has 1 saturated carbocycles. The molecule has 1 saturated heterocycles. The van der Waals surface area contributed by atoms with Crippen molar-refractivity contribution in [2.45, 2.75) is 49.7 Å². The van der Waals surface area contributed by atoms with Gasteiger partial charge in [0.2, 0.25) is 11.8 Å². The average molecular weight is 600 g/mol. The van der Waals surface area contributed by atoms with Crippen LogP contribution < -0.4 is 15.1 Å². The predicted molar refractivity (Wildman–Crippen MR) is 144 cm³/mol. The molecule has 0 bridgehead atoms. The fourth-order valence-electron chi connectivity index (χ4n) is 5.20. The van der Waals surface area contributed by atoms with E-state index in [-0.39, 0.29) is 29.1 Å². The molecular weight excluding hydrogens is 578 g/mol. The van der Waals surface area contributed by atoms with E-state index >= 15 is 4.39 Å². The lowest BCUT2D eigenvalue weighted by molar-refractivity contribution is -0.133. The Morgan fingerprint density at radius 2 is 1.88 bits per heavy atom. The van der Waals surface area contributed by atoms with Gasteiger partial charge >= 0.3 is 0 Å². The third-order valence-electron chi connectivity index (χ3n) is 7.18. The van der Waals surface area contributed by atoms with Crippen LogP contribution in [0.3, 0.4) is 0 Å². The van der Waals surface area contributed by atoms with Crippen molar-refractivity contribution in [1.29, 1.82) is 5.26 Å². The lowest BCUT2D eigenvalue weighted by Gasteiger charge is -2.39. The summed E-state index contributed by atoms with van der Waals surface area (Å²) in [6, 6.07) is 9.67. The Morgan fingerprint density at radius 3 is 2.55 bits per heavy atom. The summed E-state index contributed by atoms with van der Waals surface area (Å²) < 4.78 is 56.8. The van der Waals surface area contributed by atoms with E-state index < -0.39 is 77.6 Å². The minimum atomic E-state index is -2.95. The second kappa shape index (κ2) is 11.4. The zero-order valence-electron chi connectivity index (χ0n) is 21.7. The molecule has 2 heterocycles. The van der Waals surface area contributed by atoms with E-state index in [0.29, 0.717) is 0 Å². The van der Waals surface area contributed by atoms with E-state index in [1.807, 2.05) is 0 Å². The quantitative estimate of drug-likeness (QED) is 0.382. The number of nitrogens with zero attached hydrogens (tertiary/aromatic N) is 4. The zero-order valence-corrected chi connectivity index (χ0v) is 22.5. The van der Waals surface area contributed by atoms with E-state index in [1.165, 1.54) is 24.3 Å². The first-order valence-corrected chi connectivity index (χ1v) is 13.3. The highest BCUT2D eigenvalue weighted by Crippen LogP contribution is 2.40. The van der Waals surface area contributed by atoms with Crippen LogP contribution >= 0.6 is 11.6 Å². The van der Waals surface area contributed by atoms with E-state index in [2.05, 4.69) is 10.3 Å². The molecule has 5 rings (SSSR count). The van der Waals surface area contributed by atoms with Crippen LogP contribution in [0.15, 0.2) is 60.8 Å². The maximum absolute atomic E-state index is 15.2. The zero-order chi connectivity index (χ0) is 30.2. The number of alkyl halides is 2. The van der Waals surface area contributed by atoms with Crippen LogP contribution in [0.1, 0.15) is 42.9 Å². The number of aromatic nitrogens is 1. The van der Waals surface area contributed by atoms with Crippen LogP contribution in [0, 0.1) is 23.0 Å². The van der Waals surface area contributed by atoms with E-state index in [9.17, 15) is 32.8 Å². The topological polar surface area (TPSA) is 106 Å². The second-order valence-electron chi connectivity index (χ2n) is 10.0. The summed E-state index contributed by atoms with van der Waals surface area (Å²) in [5.41, 5.74) is -0.400. The number of amides is 3. The van der Waals surface area contributed by atoms with Crippen LogP contribution in [-0.2, 0) is 14.4 Å². The van der Waals surface area contributed by atoms with Crippen molar-refractivity contribution < 1.29 is 31.9 Å². The van der Waals surface area contributed by atoms with Crippen molar-refractivity contribution in [3.8, 4) is 6.07 Å². The minimum Gasteiger partial charge on any atom is -0.351 e. The number of hydrogen-bond acceptors (Lipinski definition) is 5. The van der Waals surface area contributed by atoms with Crippen LogP contribution in [0.2, 0.25) is 5.02 Å². The smallest absolute Gasteiger partial charge is 0.252 e. The lowest BCUT2D eigenvalue weighted by Crippen LogP contribution is -2.56. The first-order valence-electron chi connectivity index (χ1n) is 12.9. The largest absolute Gasteiger partial charge is 0.351 e. The van der Waals surface area contributed by atoms with Gasteiger partial charge in [-0.05, 0) is 36.8 Å². The molecule has 1 aromatic heterocycles. The molecule has 2 aliphatic rings. The van der Waals surface area contributed by atoms with Gasteiger partial charge in [-0.15, -0.1) is 0 Å². The summed E-state index contributed by atoms with van der Waals surface area (Å²) >= 11 is 6.46. The van der Waals surface area contributed by atoms with Gasteiger partial charge in [-0.3, -0.25) is 24.2 Å². The monoisotopic (exact) mass is 599 g/mol. The molecule has 2 aromatic carbocycles. The summed E-state index contributed by atoms with van der Waals surface area (Å²) in [7, 11) is 0. The molecule has 216 valence electrons. The molecule has 1 N–H and O–H groups in total. The van der Waals surface area contributed by atoms with Crippen LogP contribution in [0.25, 0.3) is 0 Å². The number of carbonyl (C=O) groups is 3. The number of nitriles is 1. The molecule has 13 heteroatoms. The highest BCUT2D eigenvalue weighted by molar-refractivity contribution is 6.31. The van der Waals surface area contributed by atoms with Crippen LogP contribution in [-0.4, -0.2) is 40.7 Å². The Kier molecular flexibility index (Phi) is 7.88. The molecule has 1 aliphatic carbocycles. The number of nitrogens with one attached hydrogen (secondary N) is 1. The lowest BCUT2D eigenvalue weighted by atomic mass is 9.87. The van der Waals surface area contributed by atoms with Crippen molar-refractivity contribution in [2.24, 2.45) is 0 Å². The van der Waals surface area contributed by atoms with Crippen molar-refractivity contribution in [2.75, 3.05) is 9.80 Å². The van der Waals surface area contributed by atoms with Crippen molar-refractivity contribution >= 4 is 40.8 Å². The van der Waals surface area contributed by atoms with Gasteiger partial charge in [0.25, 0.3) is 11.8 Å². The Balaban J connectivity index is 1.62. The van der Waals surface area contributed by atoms with Gasteiger partial charge in [0.05, 0.1) is 5.56 Å². The molecule has 2 atom stereocenters. The predicted octanol–water partition coefficient (Wildman–Crippen LogP) is 5.07. The summed E-state index contributed by atoms with van der Waals surface area (Å²) in [5, 5.41) is 11.9. The van der Waals surface area contributed by atoms with E-state index in [0.717, 1.165) is 34.2 Å². The SMILES string of the molecule is N#Cc1ccnc(N2C(=O)CC[C@H]2C(=O)N(c2cccc(F)c2)C(C(=O)NC2CC(F)(F)C2)c2ccccc2Cl)c1F. The number of benzene rings is 2. The van der Waals surface area contributed by atoms with Crippen molar-refractivity contribution in [3.63, 3.8) is 0 Å². The normalized spacial score (nSPS) is 18.6. The third-order valence-corrected chi connectivity index (χ3v) is 7.53. The van der Waals surface area contributed by atoms with E-state index in [4.69, 9.17) is 11.6 Å². The Labute approximate surface area is 242 Å². The van der Waals surface area contributed by atoms with Gasteiger partial charge in [0, 0.05) is 47.8 Å². The number of hydrogen-bond donors (Lipinski definition) is 1. The van der Waals surface area contributed by atoms with Crippen LogP contribution in [0.5, 0.6) is 0 Å². The molecule has 1 aliphatic heterocycles. The van der Waals surface area contributed by atoms with Gasteiger partial charge in [-0.2, -0.15) is 5.26 Å². The number of anilines is 2. The van der Waals surface area contributed by atoms with Gasteiger partial charge < -0.3 is 5.32 Å². The molecule has 3 amide bonds. The maximum atomic E-state index is 15.2. The standard InChI is InChI=1S/C29H22ClF4N5O3/c30-21-7-2-1-6-20(21)25(27(41)37-18-13-29(33,34)14-18)38(19-5-3-4-17(31)12-19)28(42)22-8-9-23(40)39(22)26-24(32)16(15-35)10-11-36-26/h1-7,10-12,18,22,25H,8-9,13-14H2,(H,37,41)/t22-,25?/m0/s1. The number of pyridine rings is 1. The number of rotatable bonds is 7. The van der Waals surface area contributed by atoms with Crippen LogP contribution in [0.4, 0.5) is 29.1 Å². The summed E-state index contributed by atoms with van der Waals surface area (Å²) in [5.74, 6) is -7.81. The molecular formula is C29H22ClF4N5O3. The first kappa shape index (κ1) is 29.0. The highest BCUT2D eigenvalue weighted by atomic mass is 35.5. The molecule has 42 heavy (non-hydrogen) atoms. The van der Waals surface area contributed by atoms with Gasteiger partial charge in [-0.1, -0.05) is 35.9 Å². The Morgan fingerprint density at radius 1 is 1.14 bits per heavy atom. The Hall–Kier alpha value is -4.50. The number of carbonyl (C=O) groups excluding carboxylic acids is 3.